The van der Waals surface area contributed by atoms with Gasteiger partial charge in [-0.2, -0.15) is 0 Å². The van der Waals surface area contributed by atoms with Gasteiger partial charge < -0.3 is 10.1 Å². The second-order valence-corrected chi connectivity index (χ2v) is 6.30. The number of hydrogen-bond donors (Lipinski definition) is 1. The van der Waals surface area contributed by atoms with E-state index >= 15 is 0 Å². The van der Waals surface area contributed by atoms with Gasteiger partial charge in [0.1, 0.15) is 0 Å². The minimum Gasteiger partial charge on any atom is -0.374 e. The summed E-state index contributed by atoms with van der Waals surface area (Å²) in [6.07, 6.45) is 6.15. The van der Waals surface area contributed by atoms with Gasteiger partial charge in [0, 0.05) is 12.6 Å². The standard InChI is InChI=1S/C17H25NO/c1-17(9-5-6-10-19-17)16(18-2)12-14-11-13-7-3-4-8-15(13)14/h3-4,7-8,14,16,18H,5-6,9-12H2,1-2H3. The monoisotopic (exact) mass is 259 g/mol. The van der Waals surface area contributed by atoms with Crippen molar-refractivity contribution in [3.63, 3.8) is 0 Å². The van der Waals surface area contributed by atoms with Crippen molar-refractivity contribution in [3.8, 4) is 0 Å². The molecule has 1 aliphatic carbocycles. The summed E-state index contributed by atoms with van der Waals surface area (Å²) in [4.78, 5) is 0. The van der Waals surface area contributed by atoms with Gasteiger partial charge in [-0.25, -0.2) is 0 Å². The van der Waals surface area contributed by atoms with Gasteiger partial charge in [-0.1, -0.05) is 24.3 Å². The number of rotatable bonds is 4. The number of nitrogens with one attached hydrogen (secondary N) is 1. The van der Waals surface area contributed by atoms with E-state index in [2.05, 4.69) is 43.6 Å². The second-order valence-electron chi connectivity index (χ2n) is 6.30. The van der Waals surface area contributed by atoms with Gasteiger partial charge in [-0.15, -0.1) is 0 Å². The number of hydrogen-bond acceptors (Lipinski definition) is 2. The van der Waals surface area contributed by atoms with Crippen LogP contribution in [0.2, 0.25) is 0 Å². The number of ether oxygens (including phenoxy) is 1. The van der Waals surface area contributed by atoms with Crippen LogP contribution in [0.4, 0.5) is 0 Å². The fourth-order valence-electron chi connectivity index (χ4n) is 3.76. The third-order valence-corrected chi connectivity index (χ3v) is 5.07. The Bertz CT molecular complexity index is 437. The maximum absolute atomic E-state index is 6.11. The third-order valence-electron chi connectivity index (χ3n) is 5.07. The highest BCUT2D eigenvalue weighted by atomic mass is 16.5. The average Bonchev–Trinajstić information content (AvgIpc) is 2.41. The molecule has 2 heteroatoms. The summed E-state index contributed by atoms with van der Waals surface area (Å²) >= 11 is 0. The molecule has 1 N–H and O–H groups in total. The highest BCUT2D eigenvalue weighted by molar-refractivity contribution is 5.40. The minimum atomic E-state index is 0.0253. The lowest BCUT2D eigenvalue weighted by Gasteiger charge is -2.43. The van der Waals surface area contributed by atoms with Crippen LogP contribution in [0.3, 0.4) is 0 Å². The van der Waals surface area contributed by atoms with Crippen molar-refractivity contribution in [3.05, 3.63) is 35.4 Å². The van der Waals surface area contributed by atoms with Gasteiger partial charge in [0.25, 0.3) is 0 Å². The van der Waals surface area contributed by atoms with Crippen LogP contribution < -0.4 is 5.32 Å². The van der Waals surface area contributed by atoms with E-state index in [0.717, 1.165) is 12.5 Å². The van der Waals surface area contributed by atoms with Crippen LogP contribution in [0.15, 0.2) is 24.3 Å². The summed E-state index contributed by atoms with van der Waals surface area (Å²) in [6.45, 7) is 3.22. The highest BCUT2D eigenvalue weighted by Crippen LogP contribution is 2.41. The van der Waals surface area contributed by atoms with Crippen LogP contribution in [-0.2, 0) is 11.2 Å². The Morgan fingerprint density at radius 2 is 2.21 bits per heavy atom. The number of likely N-dealkylation sites (N-methyl/N-ethyl adjacent to an activating group) is 1. The molecule has 1 aliphatic heterocycles. The van der Waals surface area contributed by atoms with Crippen LogP contribution in [-0.4, -0.2) is 25.3 Å². The lowest BCUT2D eigenvalue weighted by atomic mass is 9.71. The van der Waals surface area contributed by atoms with E-state index < -0.39 is 0 Å². The van der Waals surface area contributed by atoms with Crippen molar-refractivity contribution in [2.24, 2.45) is 0 Å². The van der Waals surface area contributed by atoms with E-state index in [1.54, 1.807) is 5.56 Å². The fourth-order valence-corrected chi connectivity index (χ4v) is 3.76. The summed E-state index contributed by atoms with van der Waals surface area (Å²) in [5.74, 6) is 0.719. The summed E-state index contributed by atoms with van der Waals surface area (Å²) in [5, 5.41) is 3.52. The molecular weight excluding hydrogens is 234 g/mol. The topological polar surface area (TPSA) is 21.3 Å². The van der Waals surface area contributed by atoms with Crippen molar-refractivity contribution in [2.75, 3.05) is 13.7 Å². The first-order valence-corrected chi connectivity index (χ1v) is 7.62. The SMILES string of the molecule is CNC(CC1Cc2ccccc21)C1(C)CCCCO1. The molecule has 104 valence electrons. The van der Waals surface area contributed by atoms with Crippen molar-refractivity contribution in [1.29, 1.82) is 0 Å². The molecule has 3 atom stereocenters. The Morgan fingerprint density at radius 3 is 2.89 bits per heavy atom. The number of benzene rings is 1. The van der Waals surface area contributed by atoms with Gasteiger partial charge in [0.05, 0.1) is 5.60 Å². The Morgan fingerprint density at radius 1 is 1.37 bits per heavy atom. The maximum atomic E-state index is 6.11. The molecule has 1 aromatic carbocycles. The molecular formula is C17H25NO. The minimum absolute atomic E-state index is 0.0253. The van der Waals surface area contributed by atoms with E-state index in [0.29, 0.717) is 6.04 Å². The molecule has 1 heterocycles. The van der Waals surface area contributed by atoms with Gasteiger partial charge in [0.15, 0.2) is 0 Å². The van der Waals surface area contributed by atoms with E-state index in [1.807, 2.05) is 0 Å². The summed E-state index contributed by atoms with van der Waals surface area (Å²) in [7, 11) is 2.08. The first kappa shape index (κ1) is 13.1. The number of fused-ring (bicyclic) bond motifs is 1. The molecule has 1 fully saturated rings. The molecule has 1 saturated heterocycles. The van der Waals surface area contributed by atoms with E-state index in [-0.39, 0.29) is 5.60 Å². The Balaban J connectivity index is 1.68. The van der Waals surface area contributed by atoms with Crippen LogP contribution in [0, 0.1) is 0 Å². The first-order chi connectivity index (χ1) is 9.23. The predicted molar refractivity (Wildman–Crippen MR) is 78.6 cm³/mol. The van der Waals surface area contributed by atoms with Gasteiger partial charge in [-0.3, -0.25) is 0 Å². The molecule has 0 aromatic heterocycles. The van der Waals surface area contributed by atoms with Crippen molar-refractivity contribution in [1.82, 2.24) is 5.32 Å². The average molecular weight is 259 g/mol. The molecule has 0 saturated carbocycles. The molecule has 1 aromatic rings. The molecule has 3 unspecified atom stereocenters. The lowest BCUT2D eigenvalue weighted by molar-refractivity contribution is -0.0901. The third kappa shape index (κ3) is 2.44. The van der Waals surface area contributed by atoms with E-state index in [1.165, 1.54) is 37.7 Å². The van der Waals surface area contributed by atoms with Gasteiger partial charge >= 0.3 is 0 Å². The summed E-state index contributed by atoms with van der Waals surface area (Å²) in [5.41, 5.74) is 3.12. The zero-order valence-electron chi connectivity index (χ0n) is 12.1. The van der Waals surface area contributed by atoms with Crippen molar-refractivity contribution >= 4 is 0 Å². The van der Waals surface area contributed by atoms with Crippen LogP contribution in [0.25, 0.3) is 0 Å². The molecule has 3 rings (SSSR count). The maximum Gasteiger partial charge on any atom is 0.0806 e. The lowest BCUT2D eigenvalue weighted by Crippen LogP contribution is -2.52. The Labute approximate surface area is 116 Å². The molecule has 2 nitrogen and oxygen atoms in total. The molecule has 2 aliphatic rings. The van der Waals surface area contributed by atoms with E-state index in [4.69, 9.17) is 4.74 Å². The predicted octanol–water partition coefficient (Wildman–Crippen LogP) is 3.26. The highest BCUT2D eigenvalue weighted by Gasteiger charge is 2.39. The van der Waals surface area contributed by atoms with Crippen LogP contribution >= 0.6 is 0 Å². The molecule has 0 amide bonds. The van der Waals surface area contributed by atoms with Gasteiger partial charge in [0.2, 0.25) is 0 Å². The molecule has 0 radical (unpaired) electrons. The second kappa shape index (κ2) is 5.26. The molecule has 19 heavy (non-hydrogen) atoms. The molecule has 0 bridgehead atoms. The summed E-state index contributed by atoms with van der Waals surface area (Å²) in [6, 6.07) is 9.33. The van der Waals surface area contributed by atoms with E-state index in [9.17, 15) is 0 Å². The zero-order chi connectivity index (χ0) is 13.3. The first-order valence-electron chi connectivity index (χ1n) is 7.62. The summed E-state index contributed by atoms with van der Waals surface area (Å²) < 4.78 is 6.11. The van der Waals surface area contributed by atoms with Crippen molar-refractivity contribution < 1.29 is 4.74 Å². The van der Waals surface area contributed by atoms with Crippen LogP contribution in [0.5, 0.6) is 0 Å². The quantitative estimate of drug-likeness (QED) is 0.896. The zero-order valence-corrected chi connectivity index (χ0v) is 12.1. The Kier molecular flexibility index (Phi) is 3.64. The Hall–Kier alpha value is -0.860. The normalized spacial score (nSPS) is 31.4. The fraction of sp³-hybridized carbons (Fsp3) is 0.647. The smallest absolute Gasteiger partial charge is 0.0806 e. The van der Waals surface area contributed by atoms with Crippen LogP contribution in [0.1, 0.15) is 49.7 Å². The molecule has 0 spiro atoms. The van der Waals surface area contributed by atoms with Crippen molar-refractivity contribution in [2.45, 2.75) is 56.6 Å². The van der Waals surface area contributed by atoms with Gasteiger partial charge in [-0.05, 0) is 63.1 Å². The largest absolute Gasteiger partial charge is 0.374 e.